The van der Waals surface area contributed by atoms with E-state index in [4.69, 9.17) is 9.47 Å². The summed E-state index contributed by atoms with van der Waals surface area (Å²) in [4.78, 5) is 36.7. The van der Waals surface area contributed by atoms with Gasteiger partial charge in [-0.1, -0.05) is 19.1 Å². The highest BCUT2D eigenvalue weighted by atomic mass is 16.5. The average Bonchev–Trinajstić information content (AvgIpc) is 2.45. The maximum atomic E-state index is 12.3. The second kappa shape index (κ2) is 5.04. The molecule has 2 rings (SSSR count). The van der Waals surface area contributed by atoms with Gasteiger partial charge in [0.2, 0.25) is 0 Å². The Bertz CT molecular complexity index is 463. The number of Topliss-reactive ketones (excluding diaryl/α,β-unsaturated/α-hetero) is 1. The molecule has 2 aliphatic carbocycles. The van der Waals surface area contributed by atoms with Crippen LogP contribution in [-0.2, 0) is 23.9 Å². The summed E-state index contributed by atoms with van der Waals surface area (Å²) >= 11 is 0. The summed E-state index contributed by atoms with van der Waals surface area (Å²) in [5.41, 5.74) is -0.663. The van der Waals surface area contributed by atoms with Crippen molar-refractivity contribution in [1.29, 1.82) is 0 Å². The van der Waals surface area contributed by atoms with Gasteiger partial charge in [0, 0.05) is 12.3 Å². The average molecular weight is 280 g/mol. The third-order valence-corrected chi connectivity index (χ3v) is 4.91. The van der Waals surface area contributed by atoms with Crippen LogP contribution in [0.4, 0.5) is 0 Å². The SMILES string of the molecule is C=C1CC(C(=O)OC)(C(=O)OC)[C@H]2C[C@@H]1CC(=O)[C@H]2C. The van der Waals surface area contributed by atoms with Crippen LogP contribution in [0.1, 0.15) is 26.2 Å². The molecular formula is C15H20O5. The summed E-state index contributed by atoms with van der Waals surface area (Å²) in [6.07, 6.45) is 1.27. The second-order valence-corrected chi connectivity index (χ2v) is 5.79. The summed E-state index contributed by atoms with van der Waals surface area (Å²) < 4.78 is 9.69. The Labute approximate surface area is 118 Å². The molecule has 0 aromatic carbocycles. The first-order valence-corrected chi connectivity index (χ1v) is 6.75. The number of methoxy groups -OCH3 is 2. The fraction of sp³-hybridized carbons (Fsp3) is 0.667. The van der Waals surface area contributed by atoms with Crippen LogP contribution >= 0.6 is 0 Å². The van der Waals surface area contributed by atoms with Crippen molar-refractivity contribution >= 4 is 17.7 Å². The maximum Gasteiger partial charge on any atom is 0.323 e. The van der Waals surface area contributed by atoms with Crippen LogP contribution < -0.4 is 0 Å². The molecule has 0 spiro atoms. The van der Waals surface area contributed by atoms with Crippen LogP contribution in [0, 0.1) is 23.2 Å². The molecule has 0 aromatic heterocycles. The Kier molecular flexibility index (Phi) is 3.71. The zero-order chi connectivity index (χ0) is 15.1. The summed E-state index contributed by atoms with van der Waals surface area (Å²) in [5.74, 6) is -1.85. The lowest BCUT2D eigenvalue weighted by molar-refractivity contribution is -0.180. The molecule has 0 unspecified atom stereocenters. The quantitative estimate of drug-likeness (QED) is 0.435. The minimum Gasteiger partial charge on any atom is -0.468 e. The van der Waals surface area contributed by atoms with Gasteiger partial charge in [0.15, 0.2) is 5.41 Å². The summed E-state index contributed by atoms with van der Waals surface area (Å²) in [6.45, 7) is 5.73. The number of allylic oxidation sites excluding steroid dienone is 1. The first-order chi connectivity index (χ1) is 9.38. The highest BCUT2D eigenvalue weighted by molar-refractivity contribution is 6.02. The van der Waals surface area contributed by atoms with E-state index in [1.165, 1.54) is 14.2 Å². The minimum absolute atomic E-state index is 0.0612. The third-order valence-electron chi connectivity index (χ3n) is 4.91. The van der Waals surface area contributed by atoms with Crippen molar-refractivity contribution < 1.29 is 23.9 Å². The number of carbonyl (C=O) groups excluding carboxylic acids is 3. The van der Waals surface area contributed by atoms with Gasteiger partial charge < -0.3 is 9.47 Å². The molecular weight excluding hydrogens is 260 g/mol. The third kappa shape index (κ3) is 1.87. The van der Waals surface area contributed by atoms with Crippen molar-refractivity contribution in [1.82, 2.24) is 0 Å². The fourth-order valence-corrected chi connectivity index (χ4v) is 3.71. The van der Waals surface area contributed by atoms with Gasteiger partial charge in [-0.05, 0) is 24.7 Å². The Balaban J connectivity index is 2.54. The molecule has 0 aliphatic heterocycles. The van der Waals surface area contributed by atoms with Crippen molar-refractivity contribution in [3.05, 3.63) is 12.2 Å². The van der Waals surface area contributed by atoms with E-state index in [2.05, 4.69) is 6.58 Å². The molecule has 5 nitrogen and oxygen atoms in total. The first-order valence-electron chi connectivity index (χ1n) is 6.75. The zero-order valence-electron chi connectivity index (χ0n) is 12.1. The molecule has 2 bridgehead atoms. The molecule has 3 atom stereocenters. The maximum absolute atomic E-state index is 12.3. The van der Waals surface area contributed by atoms with Crippen LogP contribution in [0.5, 0.6) is 0 Å². The van der Waals surface area contributed by atoms with E-state index in [0.717, 1.165) is 5.57 Å². The molecule has 2 saturated carbocycles. The van der Waals surface area contributed by atoms with Crippen LogP contribution in [0.3, 0.4) is 0 Å². The van der Waals surface area contributed by atoms with Crippen molar-refractivity contribution in [2.24, 2.45) is 23.2 Å². The van der Waals surface area contributed by atoms with E-state index >= 15 is 0 Å². The molecule has 0 aromatic rings. The second-order valence-electron chi connectivity index (χ2n) is 5.79. The predicted octanol–water partition coefficient (Wildman–Crippen LogP) is 1.51. The van der Waals surface area contributed by atoms with Crippen molar-refractivity contribution in [2.45, 2.75) is 26.2 Å². The Morgan fingerprint density at radius 1 is 1.25 bits per heavy atom. The molecule has 5 heteroatoms. The summed E-state index contributed by atoms with van der Waals surface area (Å²) in [7, 11) is 2.49. The largest absolute Gasteiger partial charge is 0.468 e. The Morgan fingerprint density at radius 2 is 1.80 bits per heavy atom. The number of carbonyl (C=O) groups is 3. The molecule has 0 heterocycles. The molecule has 2 fully saturated rings. The molecule has 0 amide bonds. The van der Waals surface area contributed by atoms with E-state index in [1.807, 2.05) is 0 Å². The monoisotopic (exact) mass is 280 g/mol. The van der Waals surface area contributed by atoms with E-state index < -0.39 is 17.4 Å². The lowest BCUT2D eigenvalue weighted by Crippen LogP contribution is -2.56. The Morgan fingerprint density at radius 3 is 2.30 bits per heavy atom. The van der Waals surface area contributed by atoms with Gasteiger partial charge in [-0.15, -0.1) is 0 Å². The number of hydrogen-bond donors (Lipinski definition) is 0. The number of fused-ring (bicyclic) bond motifs is 2. The number of rotatable bonds is 2. The minimum atomic E-state index is -1.42. The van der Waals surface area contributed by atoms with Gasteiger partial charge in [-0.2, -0.15) is 0 Å². The van der Waals surface area contributed by atoms with Crippen LogP contribution in [0.15, 0.2) is 12.2 Å². The van der Waals surface area contributed by atoms with Gasteiger partial charge in [-0.3, -0.25) is 14.4 Å². The number of ether oxygens (including phenoxy) is 2. The van der Waals surface area contributed by atoms with Crippen LogP contribution in [-0.4, -0.2) is 31.9 Å². The Hall–Kier alpha value is -1.65. The highest BCUT2D eigenvalue weighted by Crippen LogP contribution is 2.54. The van der Waals surface area contributed by atoms with E-state index in [9.17, 15) is 14.4 Å². The highest BCUT2D eigenvalue weighted by Gasteiger charge is 2.61. The van der Waals surface area contributed by atoms with E-state index in [0.29, 0.717) is 12.8 Å². The van der Waals surface area contributed by atoms with Crippen LogP contribution in [0.2, 0.25) is 0 Å². The zero-order valence-corrected chi connectivity index (χ0v) is 12.1. The predicted molar refractivity (Wildman–Crippen MR) is 70.6 cm³/mol. The first kappa shape index (κ1) is 14.8. The topological polar surface area (TPSA) is 69.7 Å². The standard InChI is InChI=1S/C15H20O5/c1-8-7-15(13(17)19-3,14(18)20-4)11-5-10(8)6-12(16)9(11)2/h9-11H,1,5-7H2,2-4H3/t9-,10+,11-/m0/s1. The number of hydrogen-bond acceptors (Lipinski definition) is 5. The lowest BCUT2D eigenvalue weighted by Gasteiger charge is -2.48. The molecule has 0 radical (unpaired) electrons. The van der Waals surface area contributed by atoms with Crippen molar-refractivity contribution in [3.63, 3.8) is 0 Å². The van der Waals surface area contributed by atoms with Gasteiger partial charge in [0.1, 0.15) is 5.78 Å². The van der Waals surface area contributed by atoms with Crippen molar-refractivity contribution in [2.75, 3.05) is 14.2 Å². The number of ketones is 1. The molecule has 0 N–H and O–H groups in total. The fourth-order valence-electron chi connectivity index (χ4n) is 3.71. The van der Waals surface area contributed by atoms with Gasteiger partial charge in [0.25, 0.3) is 0 Å². The normalized spacial score (nSPS) is 31.6. The molecule has 110 valence electrons. The number of esters is 2. The molecule has 0 saturated heterocycles. The van der Waals surface area contributed by atoms with E-state index in [1.54, 1.807) is 6.92 Å². The summed E-state index contributed by atoms with van der Waals surface area (Å²) in [5, 5.41) is 0. The van der Waals surface area contributed by atoms with Crippen molar-refractivity contribution in [3.8, 4) is 0 Å². The molecule has 20 heavy (non-hydrogen) atoms. The van der Waals surface area contributed by atoms with E-state index in [-0.39, 0.29) is 30.0 Å². The lowest BCUT2D eigenvalue weighted by atomic mass is 9.53. The van der Waals surface area contributed by atoms with Gasteiger partial charge >= 0.3 is 11.9 Å². The smallest absolute Gasteiger partial charge is 0.323 e. The summed E-state index contributed by atoms with van der Waals surface area (Å²) in [6, 6.07) is 0. The van der Waals surface area contributed by atoms with Gasteiger partial charge in [0.05, 0.1) is 14.2 Å². The molecule has 2 aliphatic rings. The van der Waals surface area contributed by atoms with Crippen LogP contribution in [0.25, 0.3) is 0 Å². The van der Waals surface area contributed by atoms with Gasteiger partial charge in [-0.25, -0.2) is 0 Å².